The molecule has 2 fully saturated rings. The number of hydrogen-bond acceptors (Lipinski definition) is 3. The van der Waals surface area contributed by atoms with E-state index in [1.807, 2.05) is 12.1 Å². The van der Waals surface area contributed by atoms with Crippen LogP contribution in [0.25, 0.3) is 6.08 Å². The molecular formula is C17H23NO3. The highest BCUT2D eigenvalue weighted by Gasteiger charge is 2.36. The SMILES string of the molecule is CC1CC1c1ccc(/C=C/C(=O)N[C@@H]2CCCC[C@H]2O)o1. The molecule has 4 atom stereocenters. The minimum absolute atomic E-state index is 0.115. The molecule has 4 heteroatoms. The fraction of sp³-hybridized carbons (Fsp3) is 0.588. The Balaban J connectivity index is 1.53. The van der Waals surface area contributed by atoms with E-state index in [1.165, 1.54) is 12.5 Å². The molecule has 2 unspecified atom stereocenters. The second-order valence-corrected chi connectivity index (χ2v) is 6.36. The Morgan fingerprint density at radius 1 is 1.38 bits per heavy atom. The van der Waals surface area contributed by atoms with Crippen molar-refractivity contribution in [3.8, 4) is 0 Å². The largest absolute Gasteiger partial charge is 0.461 e. The molecule has 0 aliphatic heterocycles. The predicted octanol–water partition coefficient (Wildman–Crippen LogP) is 2.84. The highest BCUT2D eigenvalue weighted by Crippen LogP contribution is 2.47. The van der Waals surface area contributed by atoms with E-state index in [0.29, 0.717) is 17.6 Å². The van der Waals surface area contributed by atoms with E-state index in [1.54, 1.807) is 6.08 Å². The van der Waals surface area contributed by atoms with Gasteiger partial charge in [-0.25, -0.2) is 0 Å². The molecule has 1 aromatic rings. The monoisotopic (exact) mass is 289 g/mol. The normalized spacial score (nSPS) is 32.3. The van der Waals surface area contributed by atoms with Gasteiger partial charge < -0.3 is 14.8 Å². The molecule has 2 saturated carbocycles. The first-order chi connectivity index (χ1) is 10.1. The summed E-state index contributed by atoms with van der Waals surface area (Å²) in [4.78, 5) is 11.9. The van der Waals surface area contributed by atoms with Crippen LogP contribution in [0, 0.1) is 5.92 Å². The number of amides is 1. The van der Waals surface area contributed by atoms with Gasteiger partial charge in [-0.15, -0.1) is 0 Å². The number of hydrogen-bond donors (Lipinski definition) is 2. The summed E-state index contributed by atoms with van der Waals surface area (Å²) in [6, 6.07) is 3.78. The Morgan fingerprint density at radius 2 is 2.14 bits per heavy atom. The lowest BCUT2D eigenvalue weighted by Gasteiger charge is -2.27. The second kappa shape index (κ2) is 6.06. The van der Waals surface area contributed by atoms with E-state index in [4.69, 9.17) is 4.42 Å². The maximum atomic E-state index is 11.9. The van der Waals surface area contributed by atoms with Gasteiger partial charge in [0.15, 0.2) is 0 Å². The molecule has 1 aromatic heterocycles. The van der Waals surface area contributed by atoms with Crippen LogP contribution >= 0.6 is 0 Å². The summed E-state index contributed by atoms with van der Waals surface area (Å²) in [5.41, 5.74) is 0. The average molecular weight is 289 g/mol. The number of aliphatic hydroxyl groups is 1. The molecule has 0 spiro atoms. The third kappa shape index (κ3) is 3.56. The topological polar surface area (TPSA) is 62.5 Å². The number of furan rings is 1. The highest BCUT2D eigenvalue weighted by atomic mass is 16.3. The van der Waals surface area contributed by atoms with Gasteiger partial charge in [0, 0.05) is 12.0 Å². The van der Waals surface area contributed by atoms with E-state index >= 15 is 0 Å². The van der Waals surface area contributed by atoms with Crippen LogP contribution in [-0.2, 0) is 4.79 Å². The van der Waals surface area contributed by atoms with Crippen LogP contribution in [0.1, 0.15) is 56.5 Å². The van der Waals surface area contributed by atoms with Gasteiger partial charge in [-0.1, -0.05) is 19.8 Å². The van der Waals surface area contributed by atoms with Gasteiger partial charge in [0.25, 0.3) is 0 Å². The lowest BCUT2D eigenvalue weighted by molar-refractivity contribution is -0.118. The van der Waals surface area contributed by atoms with Gasteiger partial charge in [0.05, 0.1) is 12.1 Å². The Labute approximate surface area is 125 Å². The van der Waals surface area contributed by atoms with Gasteiger partial charge in [-0.2, -0.15) is 0 Å². The Hall–Kier alpha value is -1.55. The fourth-order valence-corrected chi connectivity index (χ4v) is 3.04. The Kier molecular flexibility index (Phi) is 4.15. The molecule has 0 saturated heterocycles. The Morgan fingerprint density at radius 3 is 2.86 bits per heavy atom. The summed E-state index contributed by atoms with van der Waals surface area (Å²) in [6.07, 6.45) is 7.69. The van der Waals surface area contributed by atoms with Crippen molar-refractivity contribution in [3.05, 3.63) is 29.7 Å². The highest BCUT2D eigenvalue weighted by molar-refractivity contribution is 5.91. The van der Waals surface area contributed by atoms with Crippen LogP contribution in [0.2, 0.25) is 0 Å². The van der Waals surface area contributed by atoms with Gasteiger partial charge in [-0.3, -0.25) is 4.79 Å². The smallest absolute Gasteiger partial charge is 0.244 e. The van der Waals surface area contributed by atoms with Crippen molar-refractivity contribution in [1.82, 2.24) is 5.32 Å². The van der Waals surface area contributed by atoms with E-state index in [2.05, 4.69) is 12.2 Å². The number of nitrogens with one attached hydrogen (secondary N) is 1. The molecule has 4 nitrogen and oxygen atoms in total. The van der Waals surface area contributed by atoms with Crippen LogP contribution in [0.15, 0.2) is 22.6 Å². The number of aliphatic hydroxyl groups excluding tert-OH is 1. The van der Waals surface area contributed by atoms with Crippen LogP contribution < -0.4 is 5.32 Å². The molecule has 3 rings (SSSR count). The number of carbonyl (C=O) groups is 1. The van der Waals surface area contributed by atoms with E-state index < -0.39 is 6.10 Å². The van der Waals surface area contributed by atoms with Gasteiger partial charge >= 0.3 is 0 Å². The van der Waals surface area contributed by atoms with Gasteiger partial charge in [-0.05, 0) is 43.4 Å². The van der Waals surface area contributed by atoms with E-state index in [-0.39, 0.29) is 11.9 Å². The summed E-state index contributed by atoms with van der Waals surface area (Å²) in [5, 5.41) is 12.7. The maximum Gasteiger partial charge on any atom is 0.244 e. The fourth-order valence-electron chi connectivity index (χ4n) is 3.04. The number of carbonyl (C=O) groups excluding carboxylic acids is 1. The summed E-state index contributed by atoms with van der Waals surface area (Å²) in [5.74, 6) is 2.83. The van der Waals surface area contributed by atoms with Crippen molar-refractivity contribution in [3.63, 3.8) is 0 Å². The molecular weight excluding hydrogens is 266 g/mol. The minimum Gasteiger partial charge on any atom is -0.461 e. The summed E-state index contributed by atoms with van der Waals surface area (Å²) in [7, 11) is 0. The maximum absolute atomic E-state index is 11.9. The molecule has 114 valence electrons. The van der Waals surface area contributed by atoms with Crippen LogP contribution in [0.3, 0.4) is 0 Å². The first-order valence-electron chi connectivity index (χ1n) is 7.90. The van der Waals surface area contributed by atoms with E-state index in [9.17, 15) is 9.90 Å². The molecule has 0 radical (unpaired) electrons. The van der Waals surface area contributed by atoms with Gasteiger partial charge in [0.2, 0.25) is 5.91 Å². The standard InChI is InChI=1S/C17H23NO3/c1-11-10-13(11)16-8-6-12(21-16)7-9-17(20)18-14-4-2-3-5-15(14)19/h6-9,11,13-15,19H,2-5,10H2,1H3,(H,18,20)/b9-7+/t11?,13?,14-,15-/m1/s1. The molecule has 2 N–H and O–H groups in total. The van der Waals surface area contributed by atoms with Crippen molar-refractivity contribution in [1.29, 1.82) is 0 Å². The lowest BCUT2D eigenvalue weighted by Crippen LogP contribution is -2.44. The third-order valence-corrected chi connectivity index (χ3v) is 4.58. The molecule has 0 aromatic carbocycles. The quantitative estimate of drug-likeness (QED) is 0.838. The van der Waals surface area contributed by atoms with Crippen molar-refractivity contribution in [2.75, 3.05) is 0 Å². The van der Waals surface area contributed by atoms with Crippen molar-refractivity contribution >= 4 is 12.0 Å². The average Bonchev–Trinajstić information content (AvgIpc) is 3.01. The molecule has 1 heterocycles. The zero-order valence-electron chi connectivity index (χ0n) is 12.4. The molecule has 2 aliphatic carbocycles. The summed E-state index contributed by atoms with van der Waals surface area (Å²) < 4.78 is 5.72. The summed E-state index contributed by atoms with van der Waals surface area (Å²) >= 11 is 0. The lowest BCUT2D eigenvalue weighted by atomic mass is 9.92. The van der Waals surface area contributed by atoms with Crippen LogP contribution in [0.5, 0.6) is 0 Å². The van der Waals surface area contributed by atoms with Crippen LogP contribution in [0.4, 0.5) is 0 Å². The molecule has 21 heavy (non-hydrogen) atoms. The molecule has 1 amide bonds. The molecule has 0 bridgehead atoms. The zero-order chi connectivity index (χ0) is 14.8. The van der Waals surface area contributed by atoms with Crippen molar-refractivity contribution in [2.24, 2.45) is 5.92 Å². The molecule has 2 aliphatic rings. The number of rotatable bonds is 4. The first-order valence-corrected chi connectivity index (χ1v) is 7.90. The summed E-state index contributed by atoms with van der Waals surface area (Å²) in [6.45, 7) is 2.21. The third-order valence-electron chi connectivity index (χ3n) is 4.58. The zero-order valence-corrected chi connectivity index (χ0v) is 12.4. The predicted molar refractivity (Wildman–Crippen MR) is 80.7 cm³/mol. The van der Waals surface area contributed by atoms with Crippen LogP contribution in [-0.4, -0.2) is 23.2 Å². The van der Waals surface area contributed by atoms with E-state index in [0.717, 1.165) is 31.4 Å². The second-order valence-electron chi connectivity index (χ2n) is 6.36. The van der Waals surface area contributed by atoms with Crippen molar-refractivity contribution in [2.45, 2.75) is 57.1 Å². The minimum atomic E-state index is -0.414. The first kappa shape index (κ1) is 14.4. The Bertz CT molecular complexity index is 534. The van der Waals surface area contributed by atoms with Gasteiger partial charge in [0.1, 0.15) is 11.5 Å². The van der Waals surface area contributed by atoms with Crippen molar-refractivity contribution < 1.29 is 14.3 Å².